The molecule has 0 aliphatic carbocycles. The van der Waals surface area contributed by atoms with Gasteiger partial charge in [-0.05, 0) is 53.4 Å². The van der Waals surface area contributed by atoms with Gasteiger partial charge in [0, 0.05) is 28.6 Å². The maximum absolute atomic E-state index is 13.3. The molecule has 0 aromatic heterocycles. The highest BCUT2D eigenvalue weighted by Crippen LogP contribution is 2.31. The first-order chi connectivity index (χ1) is 17.6. The van der Waals surface area contributed by atoms with Gasteiger partial charge < -0.3 is 10.4 Å². The number of amides is 2. The lowest BCUT2D eigenvalue weighted by molar-refractivity contribution is -0.136. The summed E-state index contributed by atoms with van der Waals surface area (Å²) >= 11 is 1.58. The number of carbonyl (C=O) groups excluding carboxylic acids is 1. The number of carbonyl (C=O) groups is 2. The van der Waals surface area contributed by atoms with Gasteiger partial charge in [-0.3, -0.25) is 9.69 Å². The van der Waals surface area contributed by atoms with Gasteiger partial charge in [-0.1, -0.05) is 90.6 Å². The predicted octanol–water partition coefficient (Wildman–Crippen LogP) is 6.42. The van der Waals surface area contributed by atoms with Gasteiger partial charge >= 0.3 is 12.0 Å². The summed E-state index contributed by atoms with van der Waals surface area (Å²) < 4.78 is 0. The van der Waals surface area contributed by atoms with Crippen molar-refractivity contribution in [3.8, 4) is 0 Å². The SMILES string of the molecule is O=C(O)Cc1ccc(Sc2cccc(N(CCc3ccccc3)C(=O)NCc3ccccc3)c2)cc1. The Labute approximate surface area is 215 Å². The normalized spacial score (nSPS) is 10.6. The molecule has 0 radical (unpaired) electrons. The van der Waals surface area contributed by atoms with E-state index in [2.05, 4.69) is 17.4 Å². The zero-order valence-electron chi connectivity index (χ0n) is 19.8. The van der Waals surface area contributed by atoms with E-state index in [1.54, 1.807) is 16.7 Å². The van der Waals surface area contributed by atoms with Crippen molar-refractivity contribution >= 4 is 29.4 Å². The van der Waals surface area contributed by atoms with Crippen LogP contribution in [0.1, 0.15) is 16.7 Å². The second kappa shape index (κ2) is 12.6. The summed E-state index contributed by atoms with van der Waals surface area (Å²) in [5.41, 5.74) is 3.81. The molecule has 4 aromatic rings. The molecule has 36 heavy (non-hydrogen) atoms. The Morgan fingerprint density at radius 3 is 2.06 bits per heavy atom. The second-order valence-electron chi connectivity index (χ2n) is 8.35. The third-order valence-corrected chi connectivity index (χ3v) is 6.64. The summed E-state index contributed by atoms with van der Waals surface area (Å²) in [6.07, 6.45) is 0.747. The van der Waals surface area contributed by atoms with Crippen LogP contribution in [-0.4, -0.2) is 23.7 Å². The number of carboxylic acids is 1. The average molecular weight is 497 g/mol. The molecule has 2 N–H and O–H groups in total. The van der Waals surface area contributed by atoms with Crippen molar-refractivity contribution in [2.24, 2.45) is 0 Å². The van der Waals surface area contributed by atoms with Crippen LogP contribution in [0.4, 0.5) is 10.5 Å². The van der Waals surface area contributed by atoms with Crippen molar-refractivity contribution in [2.45, 2.75) is 29.2 Å². The molecule has 6 heteroatoms. The Morgan fingerprint density at radius 2 is 1.39 bits per heavy atom. The van der Waals surface area contributed by atoms with Crippen LogP contribution in [0.5, 0.6) is 0 Å². The first-order valence-corrected chi connectivity index (χ1v) is 12.6. The minimum absolute atomic E-state index is 0.00883. The molecule has 0 atom stereocenters. The van der Waals surface area contributed by atoms with Crippen LogP contribution in [0.3, 0.4) is 0 Å². The standard InChI is InChI=1S/C30H28N2O3S/c33-29(34)20-24-14-16-27(17-15-24)36-28-13-7-12-26(21-28)32(19-18-23-8-3-1-4-9-23)30(35)31-22-25-10-5-2-6-11-25/h1-17,21H,18-20,22H2,(H,31,35)(H,33,34). The van der Waals surface area contributed by atoms with E-state index in [1.807, 2.05) is 97.1 Å². The molecule has 5 nitrogen and oxygen atoms in total. The summed E-state index contributed by atoms with van der Waals surface area (Å²) in [4.78, 5) is 28.0. The van der Waals surface area contributed by atoms with E-state index in [0.717, 1.165) is 33.0 Å². The van der Waals surface area contributed by atoms with E-state index in [1.165, 1.54) is 5.56 Å². The molecule has 0 bridgehead atoms. The second-order valence-corrected chi connectivity index (χ2v) is 9.49. The molecule has 0 heterocycles. The van der Waals surface area contributed by atoms with Crippen LogP contribution in [0, 0.1) is 0 Å². The maximum Gasteiger partial charge on any atom is 0.322 e. The molecule has 2 amide bonds. The average Bonchev–Trinajstić information content (AvgIpc) is 2.90. The molecule has 182 valence electrons. The lowest BCUT2D eigenvalue weighted by Crippen LogP contribution is -2.41. The van der Waals surface area contributed by atoms with Gasteiger partial charge in [-0.2, -0.15) is 0 Å². The van der Waals surface area contributed by atoms with Crippen molar-refractivity contribution in [3.63, 3.8) is 0 Å². The highest BCUT2D eigenvalue weighted by Gasteiger charge is 2.16. The van der Waals surface area contributed by atoms with Crippen LogP contribution < -0.4 is 10.2 Å². The van der Waals surface area contributed by atoms with Gasteiger partial charge in [0.05, 0.1) is 6.42 Å². The molecule has 0 saturated carbocycles. The third kappa shape index (κ3) is 7.48. The van der Waals surface area contributed by atoms with Gasteiger partial charge in [-0.25, -0.2) is 4.79 Å². The number of aliphatic carboxylic acids is 1. The molecule has 0 aliphatic rings. The highest BCUT2D eigenvalue weighted by atomic mass is 32.2. The van der Waals surface area contributed by atoms with Gasteiger partial charge in [-0.15, -0.1) is 0 Å². The Balaban J connectivity index is 1.50. The number of hydrogen-bond donors (Lipinski definition) is 2. The quantitative estimate of drug-likeness (QED) is 0.266. The summed E-state index contributed by atoms with van der Waals surface area (Å²) in [7, 11) is 0. The zero-order valence-corrected chi connectivity index (χ0v) is 20.7. The number of benzene rings is 4. The van der Waals surface area contributed by atoms with E-state index in [4.69, 9.17) is 5.11 Å². The molecule has 0 spiro atoms. The van der Waals surface area contributed by atoms with E-state index >= 15 is 0 Å². The van der Waals surface area contributed by atoms with E-state index < -0.39 is 5.97 Å². The highest BCUT2D eigenvalue weighted by molar-refractivity contribution is 7.99. The van der Waals surface area contributed by atoms with Gasteiger partial charge in [0.15, 0.2) is 0 Å². The number of urea groups is 1. The lowest BCUT2D eigenvalue weighted by Gasteiger charge is -2.24. The minimum atomic E-state index is -0.843. The smallest absolute Gasteiger partial charge is 0.322 e. The van der Waals surface area contributed by atoms with E-state index in [9.17, 15) is 9.59 Å². The van der Waals surface area contributed by atoms with E-state index in [-0.39, 0.29) is 12.5 Å². The Kier molecular flexibility index (Phi) is 8.78. The predicted molar refractivity (Wildman–Crippen MR) is 145 cm³/mol. The molecule has 4 aromatic carbocycles. The van der Waals surface area contributed by atoms with Crippen LogP contribution in [0.15, 0.2) is 119 Å². The fraction of sp³-hybridized carbons (Fsp3) is 0.133. The Morgan fingerprint density at radius 1 is 0.722 bits per heavy atom. The summed E-state index contributed by atoms with van der Waals surface area (Å²) in [6.45, 7) is 1.00. The fourth-order valence-corrected chi connectivity index (χ4v) is 4.67. The van der Waals surface area contributed by atoms with Crippen LogP contribution in [-0.2, 0) is 24.2 Å². The van der Waals surface area contributed by atoms with Crippen molar-refractivity contribution in [1.82, 2.24) is 5.32 Å². The number of rotatable bonds is 10. The monoisotopic (exact) mass is 496 g/mol. The summed E-state index contributed by atoms with van der Waals surface area (Å²) in [5, 5.41) is 12.0. The first-order valence-electron chi connectivity index (χ1n) is 11.8. The van der Waals surface area contributed by atoms with Crippen molar-refractivity contribution < 1.29 is 14.7 Å². The Hall–Kier alpha value is -4.03. The number of carboxylic acid groups (broad SMARTS) is 1. The number of nitrogens with zero attached hydrogens (tertiary/aromatic N) is 1. The Bertz CT molecular complexity index is 1280. The molecular formula is C30H28N2O3S. The summed E-state index contributed by atoms with van der Waals surface area (Å²) in [5.74, 6) is -0.843. The van der Waals surface area contributed by atoms with Crippen molar-refractivity contribution in [3.05, 3.63) is 126 Å². The third-order valence-electron chi connectivity index (χ3n) is 5.64. The number of hydrogen-bond acceptors (Lipinski definition) is 3. The van der Waals surface area contributed by atoms with Crippen molar-refractivity contribution in [2.75, 3.05) is 11.4 Å². The molecule has 0 fully saturated rings. The van der Waals surface area contributed by atoms with Gasteiger partial charge in [0.2, 0.25) is 0 Å². The molecule has 0 unspecified atom stereocenters. The van der Waals surface area contributed by atoms with Crippen LogP contribution in [0.25, 0.3) is 0 Å². The minimum Gasteiger partial charge on any atom is -0.481 e. The zero-order chi connectivity index (χ0) is 25.2. The van der Waals surface area contributed by atoms with Gasteiger partial charge in [0.1, 0.15) is 0 Å². The molecule has 4 rings (SSSR count). The molecular weight excluding hydrogens is 468 g/mol. The van der Waals surface area contributed by atoms with Crippen LogP contribution in [0.2, 0.25) is 0 Å². The lowest BCUT2D eigenvalue weighted by atomic mass is 10.1. The molecule has 0 saturated heterocycles. The van der Waals surface area contributed by atoms with Gasteiger partial charge in [0.25, 0.3) is 0 Å². The number of anilines is 1. The maximum atomic E-state index is 13.3. The first kappa shape index (κ1) is 25.1. The molecule has 0 aliphatic heterocycles. The van der Waals surface area contributed by atoms with Crippen molar-refractivity contribution in [1.29, 1.82) is 0 Å². The number of nitrogens with one attached hydrogen (secondary N) is 1. The fourth-order valence-electron chi connectivity index (χ4n) is 3.80. The topological polar surface area (TPSA) is 69.6 Å². The summed E-state index contributed by atoms with van der Waals surface area (Å²) in [6, 6.07) is 35.3. The van der Waals surface area contributed by atoms with E-state index in [0.29, 0.717) is 13.1 Å². The largest absolute Gasteiger partial charge is 0.481 e. The van der Waals surface area contributed by atoms with Crippen LogP contribution >= 0.6 is 11.8 Å².